The Balaban J connectivity index is 1.54. The molecule has 5 heteroatoms. The number of fused-ring (bicyclic) bond motifs is 3. The summed E-state index contributed by atoms with van der Waals surface area (Å²) in [5.41, 5.74) is 1.15. The van der Waals surface area contributed by atoms with Gasteiger partial charge in [-0.1, -0.05) is 6.07 Å². The van der Waals surface area contributed by atoms with Crippen LogP contribution >= 0.6 is 0 Å². The van der Waals surface area contributed by atoms with Crippen molar-refractivity contribution < 1.29 is 14.0 Å². The zero-order valence-electron chi connectivity index (χ0n) is 11.5. The Morgan fingerprint density at radius 3 is 2.95 bits per heavy atom. The van der Waals surface area contributed by atoms with E-state index in [0.29, 0.717) is 23.4 Å². The quantitative estimate of drug-likeness (QED) is 0.871. The number of aldehydes is 1. The molecule has 2 unspecified atom stereocenters. The van der Waals surface area contributed by atoms with Gasteiger partial charge in [-0.05, 0) is 37.1 Å². The molecule has 21 heavy (non-hydrogen) atoms. The number of rotatable bonds is 3. The average molecular weight is 284 g/mol. The van der Waals surface area contributed by atoms with Gasteiger partial charge in [0.1, 0.15) is 5.58 Å². The summed E-state index contributed by atoms with van der Waals surface area (Å²) in [6.45, 7) is 3.21. The molecule has 2 fully saturated rings. The molecule has 0 spiro atoms. The molecule has 2 bridgehead atoms. The van der Waals surface area contributed by atoms with Crippen molar-refractivity contribution in [1.82, 2.24) is 10.2 Å². The van der Waals surface area contributed by atoms with Crippen molar-refractivity contribution in [3.63, 3.8) is 0 Å². The van der Waals surface area contributed by atoms with Crippen LogP contribution in [0, 0.1) is 5.92 Å². The zero-order valence-corrected chi connectivity index (χ0v) is 11.5. The van der Waals surface area contributed by atoms with Crippen LogP contribution in [0.5, 0.6) is 0 Å². The fourth-order valence-corrected chi connectivity index (χ4v) is 3.45. The van der Waals surface area contributed by atoms with Gasteiger partial charge in [-0.15, -0.1) is 0 Å². The first-order chi connectivity index (χ1) is 10.2. The topological polar surface area (TPSA) is 62.6 Å². The van der Waals surface area contributed by atoms with Crippen LogP contribution < -0.4 is 5.32 Å². The molecule has 2 aliphatic heterocycles. The lowest BCUT2D eigenvalue weighted by Crippen LogP contribution is -2.43. The number of carbonyl (C=O) groups is 2. The highest BCUT2D eigenvalue weighted by Gasteiger charge is 2.38. The lowest BCUT2D eigenvalue weighted by atomic mass is 9.99. The molecule has 2 aliphatic rings. The minimum Gasteiger partial charge on any atom is -0.453 e. The number of carbonyl (C=O) groups excluding carboxylic acids is 2. The molecule has 3 heterocycles. The third-order valence-electron chi connectivity index (χ3n) is 4.57. The predicted octanol–water partition coefficient (Wildman–Crippen LogP) is 1.68. The third-order valence-corrected chi connectivity index (χ3v) is 4.57. The molecule has 1 aromatic heterocycles. The summed E-state index contributed by atoms with van der Waals surface area (Å²) in [4.78, 5) is 25.5. The van der Waals surface area contributed by atoms with E-state index in [2.05, 4.69) is 10.2 Å². The average Bonchev–Trinajstić information content (AvgIpc) is 3.20. The van der Waals surface area contributed by atoms with E-state index in [0.717, 1.165) is 25.0 Å². The summed E-state index contributed by atoms with van der Waals surface area (Å²) in [5, 5.41) is 3.95. The maximum Gasteiger partial charge on any atom is 0.251 e. The molecule has 108 valence electrons. The van der Waals surface area contributed by atoms with E-state index in [-0.39, 0.29) is 17.7 Å². The second-order valence-corrected chi connectivity index (χ2v) is 5.91. The first kappa shape index (κ1) is 12.6. The van der Waals surface area contributed by atoms with Crippen molar-refractivity contribution in [2.24, 2.45) is 5.92 Å². The number of amides is 1. The van der Waals surface area contributed by atoms with Gasteiger partial charge in [0.05, 0.1) is 0 Å². The van der Waals surface area contributed by atoms with E-state index in [1.54, 1.807) is 18.2 Å². The van der Waals surface area contributed by atoms with Gasteiger partial charge in [0, 0.05) is 30.1 Å². The van der Waals surface area contributed by atoms with Crippen molar-refractivity contribution >= 4 is 23.2 Å². The highest BCUT2D eigenvalue weighted by atomic mass is 16.3. The first-order valence-electron chi connectivity index (χ1n) is 7.25. The SMILES string of the molecule is O=Cc1cc2ccc(C(=O)NC3CN4CC[C@@H]3C4)cc2o1. The highest BCUT2D eigenvalue weighted by molar-refractivity contribution is 5.98. The smallest absolute Gasteiger partial charge is 0.251 e. The van der Waals surface area contributed by atoms with E-state index in [1.807, 2.05) is 6.07 Å². The first-order valence-corrected chi connectivity index (χ1v) is 7.25. The number of nitrogens with zero attached hydrogens (tertiary/aromatic N) is 1. The monoisotopic (exact) mass is 284 g/mol. The number of nitrogens with one attached hydrogen (secondary N) is 1. The Kier molecular flexibility index (Phi) is 2.82. The maximum atomic E-state index is 12.4. The number of benzene rings is 1. The molecule has 0 aliphatic carbocycles. The Morgan fingerprint density at radius 1 is 1.33 bits per heavy atom. The molecule has 0 saturated carbocycles. The maximum absolute atomic E-state index is 12.4. The number of furan rings is 1. The van der Waals surface area contributed by atoms with E-state index in [1.165, 1.54) is 6.42 Å². The molecule has 3 atom stereocenters. The van der Waals surface area contributed by atoms with Crippen LogP contribution in [0.4, 0.5) is 0 Å². The van der Waals surface area contributed by atoms with E-state index in [9.17, 15) is 9.59 Å². The summed E-state index contributed by atoms with van der Waals surface area (Å²) in [6, 6.07) is 7.21. The highest BCUT2D eigenvalue weighted by Crippen LogP contribution is 2.28. The Morgan fingerprint density at radius 2 is 2.24 bits per heavy atom. The minimum absolute atomic E-state index is 0.0697. The van der Waals surface area contributed by atoms with Crippen LogP contribution in [0.3, 0.4) is 0 Å². The third kappa shape index (κ3) is 2.14. The normalized spacial score (nSPS) is 27.1. The molecule has 1 N–H and O–H groups in total. The lowest BCUT2D eigenvalue weighted by molar-refractivity contribution is 0.0924. The van der Waals surface area contributed by atoms with E-state index in [4.69, 9.17) is 4.42 Å². The van der Waals surface area contributed by atoms with Gasteiger partial charge in [0.15, 0.2) is 12.0 Å². The fourth-order valence-electron chi connectivity index (χ4n) is 3.45. The summed E-state index contributed by atoms with van der Waals surface area (Å²) in [5.74, 6) is 0.797. The van der Waals surface area contributed by atoms with Crippen molar-refractivity contribution in [3.8, 4) is 0 Å². The van der Waals surface area contributed by atoms with Gasteiger partial charge in [-0.25, -0.2) is 0 Å². The second-order valence-electron chi connectivity index (χ2n) is 5.91. The summed E-state index contributed by atoms with van der Waals surface area (Å²) < 4.78 is 5.37. The van der Waals surface area contributed by atoms with Gasteiger partial charge in [0.25, 0.3) is 5.91 Å². The van der Waals surface area contributed by atoms with Crippen LogP contribution in [-0.4, -0.2) is 42.8 Å². The molecule has 1 aromatic carbocycles. The molecule has 1 amide bonds. The molecule has 2 saturated heterocycles. The van der Waals surface area contributed by atoms with Crippen LogP contribution in [0.25, 0.3) is 11.0 Å². The summed E-state index contributed by atoms with van der Waals surface area (Å²) in [7, 11) is 0. The van der Waals surface area contributed by atoms with Gasteiger partial charge >= 0.3 is 0 Å². The van der Waals surface area contributed by atoms with Crippen LogP contribution in [0.15, 0.2) is 28.7 Å². The van der Waals surface area contributed by atoms with Crippen LogP contribution in [-0.2, 0) is 0 Å². The zero-order chi connectivity index (χ0) is 14.4. The van der Waals surface area contributed by atoms with Gasteiger partial charge in [-0.2, -0.15) is 0 Å². The number of hydrogen-bond acceptors (Lipinski definition) is 4. The standard InChI is InChI=1S/C16H16N2O3/c19-9-13-5-10-1-2-11(6-15(10)21-13)16(20)17-14-8-18-4-3-12(14)7-18/h1-2,5-6,9,12,14H,3-4,7-8H2,(H,17,20)/t12-,14?/m1/s1. The fraction of sp³-hybridized carbons (Fsp3) is 0.375. The summed E-state index contributed by atoms with van der Waals surface area (Å²) >= 11 is 0. The lowest BCUT2D eigenvalue weighted by Gasteiger charge is -2.23. The van der Waals surface area contributed by atoms with E-state index >= 15 is 0 Å². The van der Waals surface area contributed by atoms with Crippen molar-refractivity contribution in [1.29, 1.82) is 0 Å². The molecule has 5 nitrogen and oxygen atoms in total. The van der Waals surface area contributed by atoms with Crippen LogP contribution in [0.1, 0.15) is 27.3 Å². The largest absolute Gasteiger partial charge is 0.453 e. The molecular formula is C16H16N2O3. The molecular weight excluding hydrogens is 268 g/mol. The van der Waals surface area contributed by atoms with Gasteiger partial charge in [0.2, 0.25) is 0 Å². The predicted molar refractivity (Wildman–Crippen MR) is 77.4 cm³/mol. The molecule has 4 rings (SSSR count). The Bertz CT molecular complexity index is 721. The summed E-state index contributed by atoms with van der Waals surface area (Å²) in [6.07, 6.45) is 1.84. The number of piperidine rings is 1. The van der Waals surface area contributed by atoms with Gasteiger partial charge < -0.3 is 14.6 Å². The van der Waals surface area contributed by atoms with Crippen molar-refractivity contribution in [3.05, 3.63) is 35.6 Å². The molecule has 0 radical (unpaired) electrons. The van der Waals surface area contributed by atoms with E-state index < -0.39 is 0 Å². The second kappa shape index (κ2) is 4.70. The Labute approximate surface area is 121 Å². The van der Waals surface area contributed by atoms with Crippen molar-refractivity contribution in [2.45, 2.75) is 12.5 Å². The minimum atomic E-state index is -0.0697. The van der Waals surface area contributed by atoms with Crippen molar-refractivity contribution in [2.75, 3.05) is 19.6 Å². The van der Waals surface area contributed by atoms with Gasteiger partial charge in [-0.3, -0.25) is 9.59 Å². The van der Waals surface area contributed by atoms with Crippen LogP contribution in [0.2, 0.25) is 0 Å². The Hall–Kier alpha value is -2.14. The molecule has 2 aromatic rings. The number of hydrogen-bond donors (Lipinski definition) is 1.